The third-order valence-corrected chi connectivity index (χ3v) is 5.54. The lowest BCUT2D eigenvalue weighted by molar-refractivity contribution is -0.134. The highest BCUT2D eigenvalue weighted by atomic mass is 32.1. The highest BCUT2D eigenvalue weighted by Gasteiger charge is 2.33. The van der Waals surface area contributed by atoms with Crippen molar-refractivity contribution in [3.63, 3.8) is 0 Å². The smallest absolute Gasteiger partial charge is 0.273 e. The van der Waals surface area contributed by atoms with E-state index in [0.717, 1.165) is 10.6 Å². The number of amides is 3. The molecule has 0 bridgehead atoms. The van der Waals surface area contributed by atoms with Gasteiger partial charge in [-0.25, -0.2) is 4.98 Å². The summed E-state index contributed by atoms with van der Waals surface area (Å²) in [5.41, 5.74) is 5.63. The van der Waals surface area contributed by atoms with Crippen molar-refractivity contribution in [2.24, 2.45) is 11.1 Å². The fourth-order valence-corrected chi connectivity index (χ4v) is 3.56. The number of pyridine rings is 1. The minimum atomic E-state index is -1.01. The van der Waals surface area contributed by atoms with Gasteiger partial charge in [-0.3, -0.25) is 19.4 Å². The number of hydrogen-bond acceptors (Lipinski definition) is 6. The van der Waals surface area contributed by atoms with Gasteiger partial charge in [0, 0.05) is 49.5 Å². The van der Waals surface area contributed by atoms with Gasteiger partial charge < -0.3 is 15.5 Å². The molecular formula is C19H22N5O3S. The molecule has 0 saturated carbocycles. The van der Waals surface area contributed by atoms with E-state index in [1.807, 2.05) is 12.1 Å². The van der Waals surface area contributed by atoms with E-state index in [2.05, 4.69) is 9.97 Å². The van der Waals surface area contributed by atoms with Crippen LogP contribution in [-0.2, 0) is 9.59 Å². The van der Waals surface area contributed by atoms with Crippen LogP contribution in [0.1, 0.15) is 24.3 Å². The van der Waals surface area contributed by atoms with Gasteiger partial charge in [0.2, 0.25) is 11.8 Å². The van der Waals surface area contributed by atoms with Crippen molar-refractivity contribution in [3.8, 4) is 10.6 Å². The van der Waals surface area contributed by atoms with Gasteiger partial charge in [-0.05, 0) is 12.1 Å². The number of carbonyl (C=O) groups excluding carboxylic acids is 3. The number of primary amides is 1. The molecule has 0 spiro atoms. The Morgan fingerprint density at radius 3 is 2.32 bits per heavy atom. The van der Waals surface area contributed by atoms with Crippen LogP contribution >= 0.6 is 11.3 Å². The highest BCUT2D eigenvalue weighted by Crippen LogP contribution is 2.24. The Hall–Kier alpha value is -2.81. The van der Waals surface area contributed by atoms with E-state index >= 15 is 0 Å². The lowest BCUT2D eigenvalue weighted by Crippen LogP contribution is -2.52. The van der Waals surface area contributed by atoms with E-state index in [-0.39, 0.29) is 11.8 Å². The average Bonchev–Trinajstić information content (AvgIpc) is 3.18. The summed E-state index contributed by atoms with van der Waals surface area (Å²) in [7, 11) is 0. The molecular weight excluding hydrogens is 378 g/mol. The van der Waals surface area contributed by atoms with Crippen molar-refractivity contribution in [2.75, 3.05) is 26.2 Å². The number of hydrogen-bond donors (Lipinski definition) is 1. The maximum absolute atomic E-state index is 12.7. The molecule has 2 aromatic rings. The maximum atomic E-state index is 12.7. The summed E-state index contributed by atoms with van der Waals surface area (Å²) < 4.78 is 0. The Bertz CT molecular complexity index is 873. The molecule has 3 amide bonds. The number of nitrogens with zero attached hydrogens (tertiary/aromatic N) is 4. The first-order chi connectivity index (χ1) is 13.3. The number of piperazine rings is 1. The summed E-state index contributed by atoms with van der Waals surface area (Å²) in [6.45, 7) is 4.84. The quantitative estimate of drug-likeness (QED) is 0.811. The molecule has 0 aromatic carbocycles. The zero-order valence-electron chi connectivity index (χ0n) is 15.8. The Balaban J connectivity index is 1.58. The number of carbonyl (C=O) groups is 3. The minimum Gasteiger partial charge on any atom is -0.369 e. The number of nitrogens with two attached hydrogens (primary N) is 1. The van der Waals surface area contributed by atoms with Crippen molar-refractivity contribution in [3.05, 3.63) is 42.0 Å². The van der Waals surface area contributed by atoms with Gasteiger partial charge >= 0.3 is 0 Å². The van der Waals surface area contributed by atoms with Crippen LogP contribution in [0.4, 0.5) is 0 Å². The van der Waals surface area contributed by atoms with Crippen molar-refractivity contribution < 1.29 is 14.4 Å². The molecule has 1 aliphatic rings. The first-order valence-corrected chi connectivity index (χ1v) is 9.76. The van der Waals surface area contributed by atoms with E-state index in [1.54, 1.807) is 41.4 Å². The highest BCUT2D eigenvalue weighted by molar-refractivity contribution is 7.13. The molecule has 2 N–H and O–H groups in total. The molecule has 1 radical (unpaired) electrons. The summed E-state index contributed by atoms with van der Waals surface area (Å²) in [6.07, 6.45) is 4.71. The fourth-order valence-electron chi connectivity index (χ4n) is 2.76. The van der Waals surface area contributed by atoms with Gasteiger partial charge in [-0.15, -0.1) is 11.3 Å². The topological polar surface area (TPSA) is 109 Å². The molecule has 0 atom stereocenters. The van der Waals surface area contributed by atoms with Crippen LogP contribution in [-0.4, -0.2) is 63.7 Å². The third-order valence-electron chi connectivity index (χ3n) is 4.65. The van der Waals surface area contributed by atoms with Crippen LogP contribution in [0.2, 0.25) is 0 Å². The van der Waals surface area contributed by atoms with E-state index in [1.165, 1.54) is 17.8 Å². The molecule has 9 heteroatoms. The maximum Gasteiger partial charge on any atom is 0.273 e. The van der Waals surface area contributed by atoms with Crippen LogP contribution in [0.15, 0.2) is 29.9 Å². The molecule has 3 heterocycles. The molecule has 2 aromatic heterocycles. The Labute approximate surface area is 167 Å². The largest absolute Gasteiger partial charge is 0.369 e. The lowest BCUT2D eigenvalue weighted by atomic mass is 9.88. The second kappa shape index (κ2) is 8.05. The Morgan fingerprint density at radius 1 is 1.11 bits per heavy atom. The first kappa shape index (κ1) is 19.9. The van der Waals surface area contributed by atoms with E-state index < -0.39 is 11.3 Å². The standard InChI is InChI=1S/C19H22N5O3S/c1-19(2,18(20)27)11-15(25)23-7-9-24(10-8-23)17(26)14-12-28-16(22-14)13-3-5-21-6-4-13/h3-6,11-12H,7-10H2,1-2H3,(H2,20,27). The monoisotopic (exact) mass is 400 g/mol. The van der Waals surface area contributed by atoms with Crippen LogP contribution in [0.25, 0.3) is 10.6 Å². The van der Waals surface area contributed by atoms with Crippen molar-refractivity contribution >= 4 is 29.1 Å². The predicted molar refractivity (Wildman–Crippen MR) is 105 cm³/mol. The molecule has 3 rings (SSSR count). The first-order valence-electron chi connectivity index (χ1n) is 8.88. The minimum absolute atomic E-state index is 0.148. The molecule has 8 nitrogen and oxygen atoms in total. The second-order valence-electron chi connectivity index (χ2n) is 7.12. The second-order valence-corrected chi connectivity index (χ2v) is 7.98. The van der Waals surface area contributed by atoms with Crippen molar-refractivity contribution in [1.82, 2.24) is 19.8 Å². The molecule has 0 aliphatic carbocycles. The van der Waals surface area contributed by atoms with Gasteiger partial charge in [0.05, 0.1) is 11.8 Å². The van der Waals surface area contributed by atoms with Gasteiger partial charge in [0.25, 0.3) is 5.91 Å². The zero-order chi connectivity index (χ0) is 20.3. The number of thiazole rings is 1. The molecule has 1 fully saturated rings. The fraction of sp³-hybridized carbons (Fsp3) is 0.368. The Kier molecular flexibility index (Phi) is 5.73. The van der Waals surface area contributed by atoms with Gasteiger partial charge in [-0.2, -0.15) is 0 Å². The Morgan fingerprint density at radius 2 is 1.71 bits per heavy atom. The number of rotatable bonds is 5. The molecule has 28 heavy (non-hydrogen) atoms. The average molecular weight is 400 g/mol. The zero-order valence-corrected chi connectivity index (χ0v) is 16.6. The van der Waals surface area contributed by atoms with Crippen LogP contribution in [0, 0.1) is 11.8 Å². The van der Waals surface area contributed by atoms with Gasteiger partial charge in [0.15, 0.2) is 0 Å². The van der Waals surface area contributed by atoms with E-state index in [9.17, 15) is 14.4 Å². The third kappa shape index (κ3) is 4.36. The van der Waals surface area contributed by atoms with Crippen molar-refractivity contribution in [2.45, 2.75) is 13.8 Å². The van der Waals surface area contributed by atoms with E-state index in [0.29, 0.717) is 31.9 Å². The summed E-state index contributed by atoms with van der Waals surface area (Å²) in [6, 6.07) is 3.70. The van der Waals surface area contributed by atoms with Crippen LogP contribution in [0.3, 0.4) is 0 Å². The molecule has 1 saturated heterocycles. The molecule has 0 unspecified atom stereocenters. The van der Waals surface area contributed by atoms with Crippen LogP contribution < -0.4 is 5.73 Å². The number of aromatic nitrogens is 2. The lowest BCUT2D eigenvalue weighted by Gasteiger charge is -2.35. The van der Waals surface area contributed by atoms with E-state index in [4.69, 9.17) is 5.73 Å². The molecule has 1 aliphatic heterocycles. The predicted octanol–water partition coefficient (Wildman–Crippen LogP) is 1.21. The van der Waals surface area contributed by atoms with Gasteiger partial charge in [0.1, 0.15) is 10.7 Å². The normalized spacial score (nSPS) is 14.8. The SMILES string of the molecule is CC(C)([CH]C(=O)N1CCN(C(=O)c2csc(-c3ccncc3)n2)CC1)C(N)=O. The summed E-state index contributed by atoms with van der Waals surface area (Å²) in [5, 5.41) is 2.52. The summed E-state index contributed by atoms with van der Waals surface area (Å²) in [4.78, 5) is 48.2. The summed E-state index contributed by atoms with van der Waals surface area (Å²) in [5.74, 6) is -0.946. The molecule has 147 valence electrons. The van der Waals surface area contributed by atoms with Gasteiger partial charge in [-0.1, -0.05) is 13.8 Å². The van der Waals surface area contributed by atoms with Crippen molar-refractivity contribution in [1.29, 1.82) is 0 Å². The summed E-state index contributed by atoms with van der Waals surface area (Å²) >= 11 is 1.41. The van der Waals surface area contributed by atoms with Crippen LogP contribution in [0.5, 0.6) is 0 Å².